The van der Waals surface area contributed by atoms with E-state index in [1.807, 2.05) is 6.20 Å². The van der Waals surface area contributed by atoms with Crippen molar-refractivity contribution < 1.29 is 0 Å². The molecule has 0 saturated carbocycles. The maximum atomic E-state index is 5.30. The van der Waals surface area contributed by atoms with Gasteiger partial charge in [-0.1, -0.05) is 15.7 Å². The van der Waals surface area contributed by atoms with E-state index in [1.165, 1.54) is 5.56 Å². The zero-order valence-corrected chi connectivity index (χ0v) is 12.1. The van der Waals surface area contributed by atoms with Gasteiger partial charge in [0.2, 0.25) is 0 Å². The monoisotopic (exact) mass is 269 g/mol. The maximum Gasteiger partial charge on any atom is 0.0544 e. The average molecular weight is 269 g/mol. The van der Waals surface area contributed by atoms with Crippen molar-refractivity contribution in [1.29, 1.82) is 0 Å². The normalized spacial score (nSPS) is 20.4. The smallest absolute Gasteiger partial charge is 0.0544 e. The van der Waals surface area contributed by atoms with Crippen LogP contribution in [0.2, 0.25) is 0 Å². The molecule has 1 fully saturated rings. The summed E-state index contributed by atoms with van der Waals surface area (Å²) in [7, 11) is 0.00787. The molecular weight excluding hydrogens is 250 g/mol. The van der Waals surface area contributed by atoms with Crippen LogP contribution in [-0.2, 0) is 27.4 Å². The van der Waals surface area contributed by atoms with Gasteiger partial charge in [-0.2, -0.15) is 0 Å². The molecule has 1 aliphatic heterocycles. The minimum Gasteiger partial charge on any atom is -0.295 e. The van der Waals surface area contributed by atoms with Gasteiger partial charge in [0.25, 0.3) is 0 Å². The Labute approximate surface area is 111 Å². The van der Waals surface area contributed by atoms with Crippen LogP contribution in [-0.4, -0.2) is 46.6 Å². The van der Waals surface area contributed by atoms with Gasteiger partial charge in [0.05, 0.1) is 5.69 Å². The van der Waals surface area contributed by atoms with Gasteiger partial charge in [0.1, 0.15) is 0 Å². The van der Waals surface area contributed by atoms with Gasteiger partial charge in [-0.25, -0.2) is 4.31 Å². The molecule has 2 rings (SSSR count). The van der Waals surface area contributed by atoms with Crippen LogP contribution in [0.5, 0.6) is 0 Å². The van der Waals surface area contributed by atoms with Gasteiger partial charge >= 0.3 is 0 Å². The molecule has 1 aromatic heterocycles. The molecule has 0 spiro atoms. The van der Waals surface area contributed by atoms with Crippen LogP contribution in [0.4, 0.5) is 0 Å². The van der Waals surface area contributed by atoms with Crippen molar-refractivity contribution in [2.24, 2.45) is 0 Å². The number of hydrogen-bond acceptors (Lipinski definition) is 3. The molecule has 1 unspecified atom stereocenters. The van der Waals surface area contributed by atoms with Gasteiger partial charge in [0.15, 0.2) is 0 Å². The van der Waals surface area contributed by atoms with Crippen molar-refractivity contribution in [1.82, 2.24) is 14.2 Å². The summed E-state index contributed by atoms with van der Waals surface area (Å²) in [5.74, 6) is 0. The minimum absolute atomic E-state index is 0.00787. The third kappa shape index (κ3) is 3.81. The van der Waals surface area contributed by atoms with E-state index in [1.54, 1.807) is 0 Å². The van der Waals surface area contributed by atoms with Crippen molar-refractivity contribution in [2.75, 3.05) is 32.4 Å². The molecule has 0 aromatic carbocycles. The Kier molecular flexibility index (Phi) is 4.62. The highest BCUT2D eigenvalue weighted by atomic mass is 32.8. The Bertz CT molecular complexity index is 383. The van der Waals surface area contributed by atoms with Crippen molar-refractivity contribution in [2.45, 2.75) is 13.5 Å². The summed E-state index contributed by atoms with van der Waals surface area (Å²) in [5.41, 5.74) is 2.39. The minimum atomic E-state index is 0.00787. The van der Waals surface area contributed by atoms with Crippen molar-refractivity contribution in [3.8, 4) is 0 Å². The van der Waals surface area contributed by atoms with E-state index in [9.17, 15) is 0 Å². The second kappa shape index (κ2) is 6.00. The molecule has 0 radical (unpaired) electrons. The molecule has 0 N–H and O–H groups in total. The van der Waals surface area contributed by atoms with E-state index in [0.29, 0.717) is 0 Å². The quantitative estimate of drug-likeness (QED) is 0.819. The van der Waals surface area contributed by atoms with E-state index in [0.717, 1.165) is 38.4 Å². The van der Waals surface area contributed by atoms with E-state index in [4.69, 9.17) is 11.2 Å². The number of nitrogens with zero attached hydrogens (tertiary/aromatic N) is 3. The largest absolute Gasteiger partial charge is 0.295 e. The summed E-state index contributed by atoms with van der Waals surface area (Å²) in [6.45, 7) is 7.42. The summed E-state index contributed by atoms with van der Waals surface area (Å²) in [4.78, 5) is 6.91. The van der Waals surface area contributed by atoms with Crippen LogP contribution < -0.4 is 0 Å². The fraction of sp³-hybridized carbons (Fsp3) is 0.583. The van der Waals surface area contributed by atoms with Gasteiger partial charge in [-0.05, 0) is 29.7 Å². The third-order valence-corrected chi connectivity index (χ3v) is 4.78. The number of hydrogen-bond donors (Lipinski definition) is 0. The number of rotatable bonds is 3. The number of aromatic nitrogens is 1. The number of piperazine rings is 1. The summed E-state index contributed by atoms with van der Waals surface area (Å²) < 4.78 is 2.38. The van der Waals surface area contributed by atoms with Crippen molar-refractivity contribution in [3.05, 3.63) is 29.6 Å². The van der Waals surface area contributed by atoms with E-state index < -0.39 is 0 Å². The lowest BCUT2D eigenvalue weighted by molar-refractivity contribution is 0.187. The first-order valence-corrected chi connectivity index (χ1v) is 8.39. The molecule has 94 valence electrons. The maximum absolute atomic E-state index is 5.30. The topological polar surface area (TPSA) is 19.4 Å². The fourth-order valence-electron chi connectivity index (χ4n) is 1.97. The summed E-state index contributed by atoms with van der Waals surface area (Å²) in [6.07, 6.45) is 4.06. The molecule has 2 heterocycles. The molecule has 1 saturated heterocycles. The lowest BCUT2D eigenvalue weighted by Crippen LogP contribution is -2.46. The Morgan fingerprint density at radius 1 is 1.29 bits per heavy atom. The van der Waals surface area contributed by atoms with Crippen LogP contribution >= 0.6 is 0 Å². The van der Waals surface area contributed by atoms with Crippen LogP contribution in [0.15, 0.2) is 18.3 Å². The Morgan fingerprint density at radius 3 is 2.53 bits per heavy atom. The van der Waals surface area contributed by atoms with Gasteiger partial charge < -0.3 is 0 Å². The number of pyridine rings is 1. The lowest BCUT2D eigenvalue weighted by atomic mass is 10.2. The highest BCUT2D eigenvalue weighted by molar-refractivity contribution is 8.27. The zero-order valence-electron chi connectivity index (χ0n) is 10.4. The second-order valence-electron chi connectivity index (χ2n) is 4.46. The van der Waals surface area contributed by atoms with E-state index >= 15 is 0 Å². The van der Waals surface area contributed by atoms with Crippen LogP contribution in [0.3, 0.4) is 0 Å². The molecule has 1 aromatic rings. The first-order valence-electron chi connectivity index (χ1n) is 5.87. The molecule has 5 heteroatoms. The molecule has 0 amide bonds. The predicted molar refractivity (Wildman–Crippen MR) is 76.5 cm³/mol. The van der Waals surface area contributed by atoms with Crippen LogP contribution in [0, 0.1) is 6.92 Å². The summed E-state index contributed by atoms with van der Waals surface area (Å²) in [6, 6.07) is 4.25. The lowest BCUT2D eigenvalue weighted by Gasteiger charge is -2.34. The number of aryl methyl sites for hydroxylation is 1. The third-order valence-electron chi connectivity index (χ3n) is 3.05. The first kappa shape index (κ1) is 13.1. The molecule has 0 bridgehead atoms. The molecule has 3 nitrogen and oxygen atoms in total. The molecule has 17 heavy (non-hydrogen) atoms. The Hall–Kier alpha value is -0.360. The van der Waals surface area contributed by atoms with Crippen LogP contribution in [0.25, 0.3) is 0 Å². The SMILES string of the molecule is Cc1ccc(CN2CCN(S(C)=S)CC2)nc1. The summed E-state index contributed by atoms with van der Waals surface area (Å²) >= 11 is 5.30. The van der Waals surface area contributed by atoms with Gasteiger partial charge in [0, 0.05) is 45.2 Å². The van der Waals surface area contributed by atoms with E-state index in [2.05, 4.69) is 39.5 Å². The Morgan fingerprint density at radius 2 is 2.00 bits per heavy atom. The average Bonchev–Trinajstić information content (AvgIpc) is 2.33. The Balaban J connectivity index is 1.85. The standard InChI is InChI=1S/C12H19N3S2/c1-11-3-4-12(13-9-11)10-14-5-7-15(8-6-14)17(2)16/h3-4,9H,5-8,10H2,1-2H3. The van der Waals surface area contributed by atoms with Crippen LogP contribution in [0.1, 0.15) is 11.3 Å². The molecule has 0 aliphatic carbocycles. The highest BCUT2D eigenvalue weighted by Gasteiger charge is 2.17. The van der Waals surface area contributed by atoms with Gasteiger partial charge in [-0.15, -0.1) is 0 Å². The molecule has 1 aliphatic rings. The van der Waals surface area contributed by atoms with Crippen molar-refractivity contribution >= 4 is 20.8 Å². The van der Waals surface area contributed by atoms with Gasteiger partial charge in [-0.3, -0.25) is 9.88 Å². The summed E-state index contributed by atoms with van der Waals surface area (Å²) in [5, 5.41) is 0. The highest BCUT2D eigenvalue weighted by Crippen LogP contribution is 2.08. The molecular formula is C12H19N3S2. The zero-order chi connectivity index (χ0) is 12.3. The predicted octanol–water partition coefficient (Wildman–Crippen LogP) is 1.13. The first-order chi connectivity index (χ1) is 8.15. The van der Waals surface area contributed by atoms with Crippen molar-refractivity contribution in [3.63, 3.8) is 0 Å². The molecule has 1 atom stereocenters. The second-order valence-corrected chi connectivity index (χ2v) is 7.27. The van der Waals surface area contributed by atoms with E-state index in [-0.39, 0.29) is 9.64 Å². The fourth-order valence-corrected chi connectivity index (χ4v) is 3.09.